The zero-order valence-electron chi connectivity index (χ0n) is 18.7. The molecule has 7 heteroatoms. The maximum absolute atomic E-state index is 13.0. The number of carboxylic acids is 1. The Labute approximate surface area is 198 Å². The average Bonchev–Trinajstić information content (AvgIpc) is 3.25. The number of nitrogens with zero attached hydrogens (tertiary/aromatic N) is 1. The van der Waals surface area contributed by atoms with E-state index in [9.17, 15) is 14.4 Å². The van der Waals surface area contributed by atoms with Crippen LogP contribution in [0.25, 0.3) is 11.1 Å². The maximum atomic E-state index is 13.0. The molecule has 0 saturated heterocycles. The number of carbonyl (C=O) groups excluding carboxylic acids is 2. The molecule has 2 aromatic rings. The Morgan fingerprint density at radius 1 is 1.09 bits per heavy atom. The van der Waals surface area contributed by atoms with E-state index in [2.05, 4.69) is 35.5 Å². The van der Waals surface area contributed by atoms with Gasteiger partial charge in [-0.05, 0) is 47.4 Å². The molecule has 3 aliphatic carbocycles. The lowest BCUT2D eigenvalue weighted by molar-refractivity contribution is -0.146. The van der Waals surface area contributed by atoms with Crippen molar-refractivity contribution in [1.82, 2.24) is 10.2 Å². The van der Waals surface area contributed by atoms with Crippen LogP contribution < -0.4 is 5.32 Å². The summed E-state index contributed by atoms with van der Waals surface area (Å²) in [6.45, 7) is -0.222. The molecule has 2 saturated carbocycles. The predicted molar refractivity (Wildman–Crippen MR) is 125 cm³/mol. The number of carboxylic acid groups (broad SMARTS) is 1. The number of benzene rings is 2. The van der Waals surface area contributed by atoms with E-state index in [4.69, 9.17) is 16.3 Å². The number of carbonyl (C=O) groups is 3. The summed E-state index contributed by atoms with van der Waals surface area (Å²) in [5, 5.41) is 12.0. The lowest BCUT2D eigenvalue weighted by Gasteiger charge is -2.24. The Bertz CT molecular complexity index is 1160. The Hall–Kier alpha value is -3.79. The van der Waals surface area contributed by atoms with Crippen molar-refractivity contribution in [3.63, 3.8) is 0 Å². The number of aliphatic carboxylic acids is 1. The molecular weight excluding hydrogens is 432 g/mol. The molecule has 2 fully saturated rings. The van der Waals surface area contributed by atoms with E-state index in [1.165, 1.54) is 16.0 Å². The van der Waals surface area contributed by atoms with Gasteiger partial charge in [0.05, 0.1) is 12.0 Å². The molecule has 2 aromatic carbocycles. The van der Waals surface area contributed by atoms with E-state index in [-0.39, 0.29) is 36.9 Å². The van der Waals surface area contributed by atoms with Crippen LogP contribution in [0.3, 0.4) is 0 Å². The minimum atomic E-state index is -1.09. The Morgan fingerprint density at radius 3 is 2.35 bits per heavy atom. The van der Waals surface area contributed by atoms with Gasteiger partial charge >= 0.3 is 12.1 Å². The second kappa shape index (κ2) is 8.53. The monoisotopic (exact) mass is 458 g/mol. The Kier molecular flexibility index (Phi) is 5.52. The molecule has 0 spiro atoms. The smallest absolute Gasteiger partial charge is 0.407 e. The zero-order chi connectivity index (χ0) is 23.9. The van der Waals surface area contributed by atoms with Crippen molar-refractivity contribution in [2.45, 2.75) is 31.2 Å². The van der Waals surface area contributed by atoms with Crippen LogP contribution in [0.15, 0.2) is 48.5 Å². The van der Waals surface area contributed by atoms with Crippen molar-refractivity contribution < 1.29 is 24.2 Å². The molecule has 7 nitrogen and oxygen atoms in total. The van der Waals surface area contributed by atoms with Gasteiger partial charge < -0.3 is 20.1 Å². The number of amides is 2. The molecule has 2 amide bonds. The van der Waals surface area contributed by atoms with E-state index in [0.29, 0.717) is 19.3 Å². The Balaban J connectivity index is 1.19. The van der Waals surface area contributed by atoms with Crippen molar-refractivity contribution in [3.8, 4) is 23.5 Å². The van der Waals surface area contributed by atoms with E-state index in [0.717, 1.165) is 11.1 Å². The van der Waals surface area contributed by atoms with Gasteiger partial charge in [0.2, 0.25) is 5.91 Å². The van der Waals surface area contributed by atoms with Crippen molar-refractivity contribution in [2.24, 2.45) is 11.3 Å². The normalized spacial score (nSPS) is 23.7. The van der Waals surface area contributed by atoms with E-state index in [1.807, 2.05) is 24.3 Å². The number of alkyl carbamates (subject to hydrolysis) is 1. The number of hydrogen-bond acceptors (Lipinski definition) is 4. The molecule has 3 unspecified atom stereocenters. The highest BCUT2D eigenvalue weighted by Crippen LogP contribution is 2.64. The first kappa shape index (κ1) is 22.0. The van der Waals surface area contributed by atoms with Gasteiger partial charge in [0.25, 0.3) is 0 Å². The number of rotatable bonds is 7. The lowest BCUT2D eigenvalue weighted by Crippen LogP contribution is -2.42. The average molecular weight is 459 g/mol. The minimum absolute atomic E-state index is 0.0172. The largest absolute Gasteiger partial charge is 0.480 e. The van der Waals surface area contributed by atoms with Gasteiger partial charge in [-0.3, -0.25) is 9.59 Å². The molecule has 0 bridgehead atoms. The topological polar surface area (TPSA) is 95.9 Å². The van der Waals surface area contributed by atoms with Gasteiger partial charge in [-0.15, -0.1) is 6.42 Å². The van der Waals surface area contributed by atoms with E-state index >= 15 is 0 Å². The molecule has 5 rings (SSSR count). The fourth-order valence-electron chi connectivity index (χ4n) is 5.86. The predicted octanol–water partition coefficient (Wildman–Crippen LogP) is 3.24. The molecule has 0 aromatic heterocycles. The first-order chi connectivity index (χ1) is 16.4. The van der Waals surface area contributed by atoms with E-state index < -0.39 is 24.0 Å². The van der Waals surface area contributed by atoms with Crippen LogP contribution in [0.1, 0.15) is 36.3 Å². The maximum Gasteiger partial charge on any atom is 0.407 e. The minimum Gasteiger partial charge on any atom is -0.480 e. The first-order valence-electron chi connectivity index (χ1n) is 11.5. The molecular formula is C27H26N2O5. The van der Waals surface area contributed by atoms with Crippen molar-refractivity contribution in [3.05, 3.63) is 59.7 Å². The van der Waals surface area contributed by atoms with Crippen LogP contribution >= 0.6 is 0 Å². The third-order valence-electron chi connectivity index (χ3n) is 7.40. The van der Waals surface area contributed by atoms with Gasteiger partial charge in [0, 0.05) is 12.0 Å². The molecule has 3 aliphatic rings. The SMILES string of the molecule is C#CCN(CC(=O)O)C(=O)C12CC(NC(=O)OCC3c4ccccc4-c4ccccc43)CC1C2. The second-order valence-corrected chi connectivity index (χ2v) is 9.42. The van der Waals surface area contributed by atoms with Crippen LogP contribution in [-0.4, -0.2) is 53.7 Å². The van der Waals surface area contributed by atoms with Gasteiger partial charge in [-0.2, -0.15) is 0 Å². The van der Waals surface area contributed by atoms with Crippen LogP contribution in [0.4, 0.5) is 4.79 Å². The lowest BCUT2D eigenvalue weighted by atomic mass is 9.98. The number of hydrogen-bond donors (Lipinski definition) is 2. The third-order valence-corrected chi connectivity index (χ3v) is 7.40. The zero-order valence-corrected chi connectivity index (χ0v) is 18.7. The van der Waals surface area contributed by atoms with Gasteiger partial charge in [-0.1, -0.05) is 54.5 Å². The summed E-state index contributed by atoms with van der Waals surface area (Å²) in [6, 6.07) is 16.1. The Morgan fingerprint density at radius 2 is 1.74 bits per heavy atom. The highest BCUT2D eigenvalue weighted by molar-refractivity contribution is 5.89. The van der Waals surface area contributed by atoms with Crippen LogP contribution in [0.2, 0.25) is 0 Å². The van der Waals surface area contributed by atoms with Crippen LogP contribution in [0, 0.1) is 23.7 Å². The molecule has 0 aliphatic heterocycles. The molecule has 174 valence electrons. The second-order valence-electron chi connectivity index (χ2n) is 9.42. The summed E-state index contributed by atoms with van der Waals surface area (Å²) in [5.41, 5.74) is 4.01. The molecule has 34 heavy (non-hydrogen) atoms. The van der Waals surface area contributed by atoms with Crippen LogP contribution in [-0.2, 0) is 14.3 Å². The fourth-order valence-corrected chi connectivity index (χ4v) is 5.86. The fraction of sp³-hybridized carbons (Fsp3) is 0.370. The molecule has 0 radical (unpaired) electrons. The van der Waals surface area contributed by atoms with Gasteiger partial charge in [-0.25, -0.2) is 4.79 Å². The summed E-state index contributed by atoms with van der Waals surface area (Å²) in [6.07, 6.45) is 6.68. The molecule has 2 N–H and O–H groups in total. The van der Waals surface area contributed by atoms with E-state index in [1.54, 1.807) is 0 Å². The highest BCUT2D eigenvalue weighted by Gasteiger charge is 2.66. The van der Waals surface area contributed by atoms with Gasteiger partial charge in [0.15, 0.2) is 0 Å². The van der Waals surface area contributed by atoms with Crippen LogP contribution in [0.5, 0.6) is 0 Å². The number of fused-ring (bicyclic) bond motifs is 4. The van der Waals surface area contributed by atoms with Crippen molar-refractivity contribution in [1.29, 1.82) is 0 Å². The summed E-state index contributed by atoms with van der Waals surface area (Å²) < 4.78 is 5.63. The number of nitrogens with one attached hydrogen (secondary N) is 1. The molecule has 3 atom stereocenters. The quantitative estimate of drug-likeness (QED) is 0.621. The van der Waals surface area contributed by atoms with Gasteiger partial charge in [0.1, 0.15) is 13.2 Å². The third kappa shape index (κ3) is 3.79. The summed E-state index contributed by atoms with van der Waals surface area (Å²) >= 11 is 0. The number of ether oxygens (including phenoxy) is 1. The number of terminal acetylenes is 1. The highest BCUT2D eigenvalue weighted by atomic mass is 16.5. The van der Waals surface area contributed by atoms with Crippen molar-refractivity contribution >= 4 is 18.0 Å². The summed E-state index contributed by atoms with van der Waals surface area (Å²) in [5.74, 6) is 1.16. The summed E-state index contributed by atoms with van der Waals surface area (Å²) in [7, 11) is 0. The van der Waals surface area contributed by atoms with Crippen molar-refractivity contribution in [2.75, 3.05) is 19.7 Å². The standard InChI is InChI=1S/C27H26N2O5/c1-2-11-29(15-24(30)31)25(32)27-13-17(27)12-18(14-27)28-26(33)34-16-23-21-9-5-3-7-19(21)20-8-4-6-10-22(20)23/h1,3-10,17-18,23H,11-16H2,(H,28,33)(H,30,31). The summed E-state index contributed by atoms with van der Waals surface area (Å²) in [4.78, 5) is 38.0. The first-order valence-corrected chi connectivity index (χ1v) is 11.5. The molecule has 0 heterocycles.